The predicted molar refractivity (Wildman–Crippen MR) is 355 cm³/mol. The van der Waals surface area contributed by atoms with Gasteiger partial charge in [-0.3, -0.25) is 24.0 Å². The lowest BCUT2D eigenvalue weighted by molar-refractivity contribution is -0.390. The van der Waals surface area contributed by atoms with Crippen LogP contribution in [0.25, 0.3) is 0 Å². The third-order valence-electron chi connectivity index (χ3n) is 20.7. The molecule has 9 aliphatic rings. The van der Waals surface area contributed by atoms with Crippen molar-refractivity contribution in [2.45, 2.75) is 311 Å². The smallest absolute Gasteiger partial charge is 0.217 e. The van der Waals surface area contributed by atoms with E-state index in [0.717, 1.165) is 34.6 Å². The summed E-state index contributed by atoms with van der Waals surface area (Å²) >= 11 is 0. The maximum atomic E-state index is 13.3. The average molecular weight is 1680 g/mol. The molecule has 5 amide bonds. The summed E-state index contributed by atoms with van der Waals surface area (Å²) in [4.78, 5) is 63.7. The fraction of sp³-hybridized carbons (Fsp3) is 0.922. The lowest BCUT2D eigenvalue weighted by Crippen LogP contribution is -2.71. The van der Waals surface area contributed by atoms with E-state index in [0.29, 0.717) is 0 Å². The van der Waals surface area contributed by atoms with E-state index < -0.39 is 365 Å². The van der Waals surface area contributed by atoms with Crippen molar-refractivity contribution in [2.75, 3.05) is 59.5 Å². The van der Waals surface area contributed by atoms with Crippen LogP contribution in [-0.2, 0) is 104 Å². The molecule has 0 aromatic carbocycles. The van der Waals surface area contributed by atoms with Crippen molar-refractivity contribution in [2.24, 2.45) is 0 Å². The molecule has 9 fully saturated rings. The number of aliphatic hydroxyl groups is 24. The van der Waals surface area contributed by atoms with Gasteiger partial charge in [0.1, 0.15) is 219 Å². The minimum absolute atomic E-state index is 0.795. The third kappa shape index (κ3) is 21.4. The first kappa shape index (κ1) is 94.6. The SMILES string of the molecule is CC(=O)N[C@H]1[C@H](O[C@H]2[C@@H](O)[C@@H](CO)O[C@@H](O[C@H]3[C@H](O)[C@@H](O)[C@H](O)O[C@@H]3CO)[C@@H]2O)O[C@H](CO)[C@@H](O[C@@H]2O[C@H](CO[C@@H]3O[C@H](CO)[C@@H](O)[C@H](O)[C@H]3NC(C)=O)[C@H](O)[C@H](O[C@@H]3O[C@H](CO)[C@@H](O[C@@H]4O[C@H](CO[C@@H]5O[C@H](CO)[C@@H](O)[C@H](O)[C@H]5NC(C)=O)[C@H](O)[C@H](O[C@@H]5O[C@H](CO)[C@@H](O)[C@H](O)[C@H]5NC(C)=O)[C@H]4O)[C@H](O)[C@H]3NC(C)=O)[C@H]2O)[C@@H]1O. The Morgan fingerprint density at radius 3 is 0.739 bits per heavy atom. The topological polar surface area (TPSA) is 788 Å². The van der Waals surface area contributed by atoms with E-state index in [-0.39, 0.29) is 0 Å². The zero-order valence-electron chi connectivity index (χ0n) is 62.1. The van der Waals surface area contributed by atoms with E-state index in [1.165, 1.54) is 0 Å². The monoisotopic (exact) mass is 1680 g/mol. The molecule has 51 heteroatoms. The molecule has 9 aliphatic heterocycles. The summed E-state index contributed by atoms with van der Waals surface area (Å²) in [5.74, 6) is -4.47. The summed E-state index contributed by atoms with van der Waals surface area (Å²) in [6, 6.07) is -9.13. The zero-order valence-corrected chi connectivity index (χ0v) is 62.1. The highest BCUT2D eigenvalue weighted by atomic mass is 16.8. The van der Waals surface area contributed by atoms with Crippen LogP contribution in [0, 0.1) is 0 Å². The minimum atomic E-state index is -2.51. The highest BCUT2D eigenvalue weighted by molar-refractivity contribution is 5.75. The molecule has 0 aromatic rings. The first-order chi connectivity index (χ1) is 54.4. The Balaban J connectivity index is 1.02. The van der Waals surface area contributed by atoms with Crippen LogP contribution in [0.4, 0.5) is 0 Å². The number of amides is 5. The Labute approximate surface area is 651 Å². The summed E-state index contributed by atoms with van der Waals surface area (Å²) in [5.41, 5.74) is 0. The van der Waals surface area contributed by atoms with Crippen LogP contribution in [0.1, 0.15) is 34.6 Å². The molecule has 0 radical (unpaired) electrons. The molecule has 51 nitrogen and oxygen atoms in total. The van der Waals surface area contributed by atoms with Crippen molar-refractivity contribution in [3.05, 3.63) is 0 Å². The van der Waals surface area contributed by atoms with E-state index in [2.05, 4.69) is 26.6 Å². The molecule has 45 atom stereocenters. The molecule has 664 valence electrons. The van der Waals surface area contributed by atoms with Crippen LogP contribution in [0.3, 0.4) is 0 Å². The molecule has 0 bridgehead atoms. The first-order valence-electron chi connectivity index (χ1n) is 36.6. The van der Waals surface area contributed by atoms with Crippen LogP contribution < -0.4 is 26.6 Å². The molecule has 115 heavy (non-hydrogen) atoms. The van der Waals surface area contributed by atoms with E-state index in [1.807, 2.05) is 0 Å². The lowest BCUT2D eigenvalue weighted by Gasteiger charge is -2.51. The maximum Gasteiger partial charge on any atom is 0.217 e. The van der Waals surface area contributed by atoms with Gasteiger partial charge in [0.2, 0.25) is 29.5 Å². The first-order valence-corrected chi connectivity index (χ1v) is 36.6. The second-order valence-corrected chi connectivity index (χ2v) is 28.9. The summed E-state index contributed by atoms with van der Waals surface area (Å²) in [7, 11) is 0. The van der Waals surface area contributed by atoms with Crippen molar-refractivity contribution < 1.29 is 227 Å². The van der Waals surface area contributed by atoms with E-state index in [9.17, 15) is 147 Å². The van der Waals surface area contributed by atoms with Gasteiger partial charge in [0.25, 0.3) is 0 Å². The fourth-order valence-corrected chi connectivity index (χ4v) is 14.8. The number of hydrogen-bond donors (Lipinski definition) is 29. The number of nitrogens with one attached hydrogen (secondary N) is 5. The number of carbonyl (C=O) groups excluding carboxylic acids is 5. The number of ether oxygens (including phenoxy) is 17. The molecular formula is C64H107N5O46. The molecule has 0 aromatic heterocycles. The van der Waals surface area contributed by atoms with E-state index in [1.54, 1.807) is 0 Å². The summed E-state index contributed by atoms with van der Waals surface area (Å²) < 4.78 is 100. The molecular weight excluding hydrogens is 1570 g/mol. The van der Waals surface area contributed by atoms with Gasteiger partial charge in [-0.2, -0.15) is 0 Å². The molecule has 0 aliphatic carbocycles. The molecule has 9 rings (SSSR count). The Kier molecular flexibility index (Phi) is 34.1. The minimum Gasteiger partial charge on any atom is -0.394 e. The Morgan fingerprint density at radius 1 is 0.226 bits per heavy atom. The standard InChI is InChI=1S/C64H107N5O46/c1-15(77)65-29-40(88)34(82)20(6-70)102-57(29)99-13-27-38(86)54(114-59-31(67-17(3)79)42(90)36(84)22(8-72)104-59)48(96)63(108-27)110-51-26(12-76)107-61(33(44(51)92)69-19(5)81)115-55-39(87)28(14-100-58-30(66-16(2)78)41(89)35(83)21(7-71)103-58)109-64(49(55)97)111-50-25(11-75)106-60(32(43(50)91)68-18(4)80)113-53-37(85)23(9-73)105-62(47(53)95)112-52-24(10-74)101-56(98)46(94)45(52)93/h20-64,70-76,82-98H,6-14H2,1-5H3,(H,65,77)(H,66,78)(H,67,79)(H,68,80)(H,69,81)/t20-,21-,22-,23-,24-,25-,26-,27-,28-,29-,30-,31-,32-,33-,34-,35-,36-,37+,38+,39+,40-,41-,42-,43-,44-,45-,46-,47-,48-,49-,50-,51-,52-,53+,54+,55+,56-,57-,58-,59+,60+,61+,62+,63+,64+/m1/s1. The molecule has 0 unspecified atom stereocenters. The molecule has 9 saturated heterocycles. The highest BCUT2D eigenvalue weighted by Crippen LogP contribution is 2.40. The number of aliphatic hydroxyl groups excluding tert-OH is 24. The van der Waals surface area contributed by atoms with Gasteiger partial charge in [0, 0.05) is 34.6 Å². The van der Waals surface area contributed by atoms with Crippen LogP contribution in [-0.4, -0.2) is 488 Å². The van der Waals surface area contributed by atoms with Crippen molar-refractivity contribution in [1.82, 2.24) is 26.6 Å². The Morgan fingerprint density at radius 2 is 0.443 bits per heavy atom. The fourth-order valence-electron chi connectivity index (χ4n) is 14.8. The zero-order chi connectivity index (χ0) is 84.8. The van der Waals surface area contributed by atoms with Gasteiger partial charge < -0.3 is 230 Å². The van der Waals surface area contributed by atoms with Crippen molar-refractivity contribution in [3.8, 4) is 0 Å². The van der Waals surface area contributed by atoms with Gasteiger partial charge in [-0.15, -0.1) is 0 Å². The molecule has 9 heterocycles. The largest absolute Gasteiger partial charge is 0.394 e. The third-order valence-corrected chi connectivity index (χ3v) is 20.7. The molecule has 0 spiro atoms. The number of carbonyl (C=O) groups is 5. The summed E-state index contributed by atoms with van der Waals surface area (Å²) in [6.45, 7) is -4.61. The van der Waals surface area contributed by atoms with Gasteiger partial charge in [-0.05, 0) is 0 Å². The summed E-state index contributed by atoms with van der Waals surface area (Å²) in [5, 5.41) is 279. The van der Waals surface area contributed by atoms with Crippen LogP contribution in [0.15, 0.2) is 0 Å². The van der Waals surface area contributed by atoms with Crippen molar-refractivity contribution in [1.29, 1.82) is 0 Å². The van der Waals surface area contributed by atoms with Crippen LogP contribution >= 0.6 is 0 Å². The Bertz CT molecular complexity index is 3100. The van der Waals surface area contributed by atoms with Gasteiger partial charge in [-0.1, -0.05) is 0 Å². The Hall–Kier alpha value is -4.29. The second-order valence-electron chi connectivity index (χ2n) is 28.9. The normalized spacial score (nSPS) is 47.9. The van der Waals surface area contributed by atoms with Gasteiger partial charge >= 0.3 is 0 Å². The highest BCUT2D eigenvalue weighted by Gasteiger charge is 2.61. The van der Waals surface area contributed by atoms with E-state index >= 15 is 0 Å². The molecule has 29 N–H and O–H groups in total. The average Bonchev–Trinajstić information content (AvgIpc) is 0.766. The maximum absolute atomic E-state index is 13.3. The predicted octanol–water partition coefficient (Wildman–Crippen LogP) is -19.9. The quantitative estimate of drug-likeness (QED) is 0.0318. The lowest BCUT2D eigenvalue weighted by atomic mass is 9.93. The van der Waals surface area contributed by atoms with Crippen LogP contribution in [0.2, 0.25) is 0 Å². The van der Waals surface area contributed by atoms with Crippen LogP contribution in [0.5, 0.6) is 0 Å². The van der Waals surface area contributed by atoms with E-state index in [4.69, 9.17) is 80.5 Å². The van der Waals surface area contributed by atoms with Crippen molar-refractivity contribution >= 4 is 29.5 Å². The van der Waals surface area contributed by atoms with Gasteiger partial charge in [-0.25, -0.2) is 0 Å². The number of rotatable bonds is 30. The van der Waals surface area contributed by atoms with Gasteiger partial charge in [0.05, 0.1) is 59.5 Å². The van der Waals surface area contributed by atoms with Gasteiger partial charge in [0.15, 0.2) is 56.6 Å². The second kappa shape index (κ2) is 41.5. The van der Waals surface area contributed by atoms with Crippen molar-refractivity contribution in [3.63, 3.8) is 0 Å². The summed E-state index contributed by atoms with van der Waals surface area (Å²) in [6.07, 6.45) is -82.0. The number of hydrogen-bond acceptors (Lipinski definition) is 46. The molecule has 0 saturated carbocycles.